The monoisotopic (exact) mass is 615 g/mol. The molecule has 2 bridgehead atoms. The van der Waals surface area contributed by atoms with Gasteiger partial charge in [0.2, 0.25) is 11.6 Å². The predicted octanol–water partition coefficient (Wildman–Crippen LogP) is 2.14. The van der Waals surface area contributed by atoms with Crippen LogP contribution in [0.3, 0.4) is 0 Å². The first-order chi connectivity index (χ1) is 21.5. The average Bonchev–Trinajstić information content (AvgIpc) is 3.02. The average molecular weight is 616 g/mol. The van der Waals surface area contributed by atoms with Gasteiger partial charge in [-0.3, -0.25) is 29.0 Å². The molecule has 0 spiro atoms. The molecule has 0 saturated carbocycles. The number of esters is 1. The minimum absolute atomic E-state index is 0.0141. The minimum atomic E-state index is -1.07. The summed E-state index contributed by atoms with van der Waals surface area (Å²) in [4.78, 5) is 71.8. The highest BCUT2D eigenvalue weighted by Gasteiger charge is 2.60. The van der Waals surface area contributed by atoms with E-state index >= 15 is 0 Å². The number of halogens is 1. The van der Waals surface area contributed by atoms with Gasteiger partial charge >= 0.3 is 5.97 Å². The van der Waals surface area contributed by atoms with Gasteiger partial charge < -0.3 is 14.2 Å². The predicted molar refractivity (Wildman–Crippen MR) is 154 cm³/mol. The van der Waals surface area contributed by atoms with E-state index < -0.39 is 66.0 Å². The summed E-state index contributed by atoms with van der Waals surface area (Å²) in [7, 11) is 4.37. The van der Waals surface area contributed by atoms with Gasteiger partial charge in [-0.05, 0) is 58.0 Å². The number of fused-ring (bicyclic) bond motifs is 5. The molecular formula is C33H30FN3O8. The SMILES string of the molecule is COC1=C(C)C(=O)C2=C(C1=O)[C@H]1[C@@H]3CC4=C(C(=O)C(OC)=C(C)C4=O)[C@H](COC(=O)c4ccc(F)cc4)N3[C@@H](C#N)[C@H](C2)N1C. The van der Waals surface area contributed by atoms with E-state index in [0.29, 0.717) is 5.57 Å². The Bertz CT molecular complexity index is 1760. The summed E-state index contributed by atoms with van der Waals surface area (Å²) >= 11 is 0. The van der Waals surface area contributed by atoms with Gasteiger partial charge in [-0.15, -0.1) is 0 Å². The lowest BCUT2D eigenvalue weighted by molar-refractivity contribution is -0.126. The zero-order valence-electron chi connectivity index (χ0n) is 25.3. The molecule has 0 N–H and O–H groups in total. The fourth-order valence-electron chi connectivity index (χ4n) is 7.60. The number of piperazine rings is 1. The Labute approximate surface area is 258 Å². The number of ether oxygens (including phenoxy) is 3. The van der Waals surface area contributed by atoms with Gasteiger partial charge in [0.1, 0.15) is 18.5 Å². The number of likely N-dealkylation sites (N-methyl/N-ethyl adjacent to an activating group) is 1. The van der Waals surface area contributed by atoms with Crippen LogP contribution in [0.2, 0.25) is 0 Å². The number of nitriles is 1. The molecule has 3 aliphatic heterocycles. The molecule has 12 heteroatoms. The van der Waals surface area contributed by atoms with Crippen LogP contribution in [-0.4, -0.2) is 97.0 Å². The number of carbonyl (C=O) groups excluding carboxylic acids is 5. The first kappa shape index (κ1) is 30.3. The highest BCUT2D eigenvalue weighted by atomic mass is 19.1. The normalized spacial score (nSPS) is 28.5. The second-order valence-electron chi connectivity index (χ2n) is 11.7. The van der Waals surface area contributed by atoms with Crippen LogP contribution < -0.4 is 0 Å². The van der Waals surface area contributed by atoms with E-state index in [-0.39, 0.29) is 63.6 Å². The third-order valence-electron chi connectivity index (χ3n) is 9.67. The molecule has 6 rings (SSSR count). The van der Waals surface area contributed by atoms with Crippen molar-refractivity contribution < 1.29 is 42.6 Å². The summed E-state index contributed by atoms with van der Waals surface area (Å²) in [6.45, 7) is 2.59. The number of carbonyl (C=O) groups is 5. The summed E-state index contributed by atoms with van der Waals surface area (Å²) in [5.74, 6) is -3.30. The number of rotatable bonds is 5. The van der Waals surface area contributed by atoms with E-state index in [4.69, 9.17) is 14.2 Å². The molecule has 2 aliphatic carbocycles. The Morgan fingerprint density at radius 2 is 1.42 bits per heavy atom. The van der Waals surface area contributed by atoms with E-state index in [1.807, 2.05) is 4.90 Å². The third-order valence-corrected chi connectivity index (χ3v) is 9.67. The second kappa shape index (κ2) is 11.0. The topological polar surface area (TPSA) is 143 Å². The van der Waals surface area contributed by atoms with Crippen molar-refractivity contribution in [1.29, 1.82) is 5.26 Å². The Hall–Kier alpha value is -4.73. The molecular weight excluding hydrogens is 585 g/mol. The zero-order chi connectivity index (χ0) is 32.5. The molecule has 5 aliphatic rings. The van der Waals surface area contributed by atoms with E-state index in [0.717, 1.165) is 12.1 Å². The second-order valence-corrected chi connectivity index (χ2v) is 11.7. The van der Waals surface area contributed by atoms with Gasteiger partial charge in [-0.1, -0.05) is 0 Å². The van der Waals surface area contributed by atoms with Crippen molar-refractivity contribution in [1.82, 2.24) is 9.80 Å². The van der Waals surface area contributed by atoms with Gasteiger partial charge in [-0.2, -0.15) is 5.26 Å². The van der Waals surface area contributed by atoms with Crippen molar-refractivity contribution in [3.05, 3.63) is 80.6 Å². The van der Waals surface area contributed by atoms with E-state index in [1.54, 1.807) is 11.9 Å². The lowest BCUT2D eigenvalue weighted by atomic mass is 9.67. The third kappa shape index (κ3) is 4.33. The van der Waals surface area contributed by atoms with Crippen LogP contribution in [0.4, 0.5) is 4.39 Å². The van der Waals surface area contributed by atoms with Crippen molar-refractivity contribution in [2.45, 2.75) is 56.9 Å². The number of benzene rings is 1. The van der Waals surface area contributed by atoms with Crippen LogP contribution in [0, 0.1) is 17.1 Å². The summed E-state index contributed by atoms with van der Waals surface area (Å²) in [6.07, 6.45) is 0.0751. The molecule has 1 aromatic rings. The van der Waals surface area contributed by atoms with Crippen molar-refractivity contribution in [2.24, 2.45) is 0 Å². The van der Waals surface area contributed by atoms with Crippen molar-refractivity contribution in [2.75, 3.05) is 27.9 Å². The number of hydrogen-bond acceptors (Lipinski definition) is 11. The maximum Gasteiger partial charge on any atom is 0.338 e. The van der Waals surface area contributed by atoms with Crippen molar-refractivity contribution >= 4 is 29.1 Å². The molecule has 45 heavy (non-hydrogen) atoms. The Balaban J connectivity index is 1.50. The first-order valence-corrected chi connectivity index (χ1v) is 14.4. The smallest absolute Gasteiger partial charge is 0.338 e. The highest BCUT2D eigenvalue weighted by molar-refractivity contribution is 6.26. The molecule has 5 atom stereocenters. The number of nitrogens with zero attached hydrogens (tertiary/aromatic N) is 3. The van der Waals surface area contributed by atoms with Crippen LogP contribution in [0.1, 0.15) is 37.0 Å². The molecule has 1 saturated heterocycles. The summed E-state index contributed by atoms with van der Waals surface area (Å²) in [5, 5.41) is 10.6. The minimum Gasteiger partial charge on any atom is -0.492 e. The number of ketones is 4. The lowest BCUT2D eigenvalue weighted by Gasteiger charge is -2.60. The van der Waals surface area contributed by atoms with Crippen LogP contribution in [0.5, 0.6) is 0 Å². The van der Waals surface area contributed by atoms with Gasteiger partial charge in [0.15, 0.2) is 23.1 Å². The van der Waals surface area contributed by atoms with Crippen molar-refractivity contribution in [3.8, 4) is 6.07 Å². The van der Waals surface area contributed by atoms with E-state index in [2.05, 4.69) is 6.07 Å². The molecule has 0 amide bonds. The summed E-state index contributed by atoms with van der Waals surface area (Å²) in [6, 6.07) is 3.02. The number of Topliss-reactive ketones (excluding diaryl/α,β-unsaturated/α-hetero) is 4. The van der Waals surface area contributed by atoms with Gasteiger partial charge in [0.25, 0.3) is 0 Å². The van der Waals surface area contributed by atoms with Gasteiger partial charge in [-0.25, -0.2) is 9.18 Å². The standard InChI is InChI=1S/C33H30FN3O8/c1-14-27(38)18-11-21-26-25-19(28(39)15(2)32(44-5)30(25)41)10-20(36(26)3)22(12-35)37(21)23(24(18)29(40)31(14)43-4)13-45-33(42)16-6-8-17(34)9-7-16/h6-9,20-23,26H,10-11,13H2,1-5H3/t20-,21-,22-,23-,26+/m0/s1. The molecule has 0 unspecified atom stereocenters. The number of hydrogen-bond donors (Lipinski definition) is 0. The zero-order valence-corrected chi connectivity index (χ0v) is 25.3. The van der Waals surface area contributed by atoms with Crippen LogP contribution in [0.15, 0.2) is 69.2 Å². The maximum absolute atomic E-state index is 13.9. The highest BCUT2D eigenvalue weighted by Crippen LogP contribution is 2.49. The molecule has 11 nitrogen and oxygen atoms in total. The maximum atomic E-state index is 13.9. The molecule has 1 fully saturated rings. The van der Waals surface area contributed by atoms with E-state index in [1.165, 1.54) is 40.2 Å². The van der Waals surface area contributed by atoms with E-state index in [9.17, 15) is 33.6 Å². The Kier molecular flexibility index (Phi) is 7.42. The molecule has 232 valence electrons. The number of methoxy groups -OCH3 is 2. The lowest BCUT2D eigenvalue weighted by Crippen LogP contribution is -2.74. The van der Waals surface area contributed by atoms with Gasteiger partial charge in [0.05, 0.1) is 37.9 Å². The summed E-state index contributed by atoms with van der Waals surface area (Å²) in [5.41, 5.74) is 1.15. The van der Waals surface area contributed by atoms with Crippen LogP contribution >= 0.6 is 0 Å². The molecule has 0 aromatic heterocycles. The first-order valence-electron chi connectivity index (χ1n) is 14.4. The molecule has 3 heterocycles. The Morgan fingerprint density at radius 3 is 1.98 bits per heavy atom. The number of allylic oxidation sites excluding steroid dienone is 4. The molecule has 0 radical (unpaired) electrons. The Morgan fingerprint density at radius 1 is 0.889 bits per heavy atom. The fraction of sp³-hybridized carbons (Fsp3) is 0.394. The van der Waals surface area contributed by atoms with Crippen molar-refractivity contribution in [3.63, 3.8) is 0 Å². The largest absolute Gasteiger partial charge is 0.492 e. The molecule has 1 aromatic carbocycles. The van der Waals surface area contributed by atoms with Crippen LogP contribution in [-0.2, 0) is 33.4 Å². The van der Waals surface area contributed by atoms with Gasteiger partial charge in [0, 0.05) is 45.5 Å². The summed E-state index contributed by atoms with van der Waals surface area (Å²) < 4.78 is 29.9. The quantitative estimate of drug-likeness (QED) is 0.355. The van der Waals surface area contributed by atoms with Crippen LogP contribution in [0.25, 0.3) is 0 Å². The fourth-order valence-corrected chi connectivity index (χ4v) is 7.60.